The fourth-order valence-electron chi connectivity index (χ4n) is 1.60. The second-order valence-electron chi connectivity index (χ2n) is 3.76. The third-order valence-electron chi connectivity index (χ3n) is 2.43. The van der Waals surface area contributed by atoms with Crippen LogP contribution in [-0.4, -0.2) is 16.9 Å². The number of aromatic nitrogens is 2. The summed E-state index contributed by atoms with van der Waals surface area (Å²) in [7, 11) is 1.60. The molecule has 1 aromatic heterocycles. The van der Waals surface area contributed by atoms with Crippen LogP contribution in [0.4, 0.5) is 0 Å². The summed E-state index contributed by atoms with van der Waals surface area (Å²) < 4.78 is 6.67. The van der Waals surface area contributed by atoms with Gasteiger partial charge in [-0.15, -0.1) is 0 Å². The van der Waals surface area contributed by atoms with Crippen molar-refractivity contribution in [1.82, 2.24) is 9.78 Å². The van der Waals surface area contributed by atoms with Gasteiger partial charge in [-0.25, -0.2) is 4.68 Å². The van der Waals surface area contributed by atoms with E-state index in [1.54, 1.807) is 36.3 Å². The van der Waals surface area contributed by atoms with Crippen LogP contribution in [-0.2, 0) is 4.74 Å². The Hall–Kier alpha value is -1.45. The summed E-state index contributed by atoms with van der Waals surface area (Å²) >= 11 is 11.9. The molecule has 0 aliphatic rings. The van der Waals surface area contributed by atoms with Gasteiger partial charge < -0.3 is 4.74 Å². The van der Waals surface area contributed by atoms with Crippen LogP contribution in [0.5, 0.6) is 0 Å². The number of rotatable bonds is 3. The smallest absolute Gasteiger partial charge is 0.0888 e. The van der Waals surface area contributed by atoms with Crippen LogP contribution in [0.1, 0.15) is 11.4 Å². The van der Waals surface area contributed by atoms with E-state index in [2.05, 4.69) is 5.10 Å². The highest BCUT2D eigenvalue weighted by molar-refractivity contribution is 6.42. The largest absolute Gasteiger partial charge is 0.504 e. The van der Waals surface area contributed by atoms with Gasteiger partial charge in [0.05, 0.1) is 34.8 Å². The Morgan fingerprint density at radius 2 is 2.00 bits per heavy atom. The minimum atomic E-state index is 0.512. The zero-order valence-corrected chi connectivity index (χ0v) is 11.5. The number of aryl methyl sites for hydroxylation is 1. The van der Waals surface area contributed by atoms with Crippen molar-refractivity contribution in [2.24, 2.45) is 0 Å². The van der Waals surface area contributed by atoms with Crippen LogP contribution in [0.2, 0.25) is 10.0 Å². The summed E-state index contributed by atoms with van der Waals surface area (Å²) in [5.41, 5.74) is 2.70. The summed E-state index contributed by atoms with van der Waals surface area (Å²) in [5.74, 6) is 0. The van der Waals surface area contributed by atoms with Crippen LogP contribution < -0.4 is 0 Å². The standard InChI is InChI=1S/C13H12Cl2N2O/c1-9-7-10(5-6-18-2)16-17(9)11-3-4-12(14)13(15)8-11/h3-8H,1-2H3/b6-5+. The second-order valence-corrected chi connectivity index (χ2v) is 4.57. The molecule has 5 heteroatoms. The fourth-order valence-corrected chi connectivity index (χ4v) is 1.89. The van der Waals surface area contributed by atoms with Crippen LogP contribution >= 0.6 is 23.2 Å². The lowest BCUT2D eigenvalue weighted by molar-refractivity contribution is 0.341. The van der Waals surface area contributed by atoms with E-state index >= 15 is 0 Å². The number of hydrogen-bond donors (Lipinski definition) is 0. The topological polar surface area (TPSA) is 27.1 Å². The van der Waals surface area contributed by atoms with Crippen molar-refractivity contribution in [3.05, 3.63) is 52.0 Å². The highest BCUT2D eigenvalue weighted by Gasteiger charge is 2.06. The van der Waals surface area contributed by atoms with Gasteiger partial charge in [0.15, 0.2) is 0 Å². The maximum atomic E-state index is 6.00. The van der Waals surface area contributed by atoms with E-state index < -0.39 is 0 Å². The molecule has 0 spiro atoms. The average molecular weight is 283 g/mol. The summed E-state index contributed by atoms with van der Waals surface area (Å²) in [5, 5.41) is 5.48. The lowest BCUT2D eigenvalue weighted by atomic mass is 10.3. The number of halogens is 2. The zero-order valence-electron chi connectivity index (χ0n) is 10.0. The van der Waals surface area contributed by atoms with Gasteiger partial charge in [0, 0.05) is 11.8 Å². The Kier molecular flexibility index (Phi) is 3.94. The van der Waals surface area contributed by atoms with Crippen molar-refractivity contribution in [3.8, 4) is 5.69 Å². The Labute approximate surface area is 116 Å². The first-order valence-electron chi connectivity index (χ1n) is 5.33. The molecule has 0 aliphatic heterocycles. The molecule has 0 saturated carbocycles. The first-order valence-corrected chi connectivity index (χ1v) is 6.09. The molecule has 1 aromatic carbocycles. The molecule has 0 N–H and O–H groups in total. The maximum Gasteiger partial charge on any atom is 0.0888 e. The van der Waals surface area contributed by atoms with Crippen LogP contribution in [0.25, 0.3) is 11.8 Å². The molecule has 0 bridgehead atoms. The van der Waals surface area contributed by atoms with Crippen molar-refractivity contribution in [2.45, 2.75) is 6.92 Å². The van der Waals surface area contributed by atoms with Gasteiger partial charge in [-0.3, -0.25) is 0 Å². The number of nitrogens with zero attached hydrogens (tertiary/aromatic N) is 2. The highest BCUT2D eigenvalue weighted by Crippen LogP contribution is 2.25. The van der Waals surface area contributed by atoms with Gasteiger partial charge in [0.1, 0.15) is 0 Å². The van der Waals surface area contributed by atoms with Crippen molar-refractivity contribution >= 4 is 29.3 Å². The molecule has 18 heavy (non-hydrogen) atoms. The molecule has 94 valence electrons. The molecule has 0 aliphatic carbocycles. The molecule has 2 aromatic rings. The van der Waals surface area contributed by atoms with E-state index in [9.17, 15) is 0 Å². The first-order chi connectivity index (χ1) is 8.61. The quantitative estimate of drug-likeness (QED) is 0.793. The highest BCUT2D eigenvalue weighted by atomic mass is 35.5. The molecule has 0 fully saturated rings. The second kappa shape index (κ2) is 5.46. The molecule has 0 amide bonds. The van der Waals surface area contributed by atoms with E-state index in [-0.39, 0.29) is 0 Å². The molecule has 1 heterocycles. The fraction of sp³-hybridized carbons (Fsp3) is 0.154. The Bertz CT molecular complexity index is 591. The van der Waals surface area contributed by atoms with Crippen molar-refractivity contribution < 1.29 is 4.74 Å². The van der Waals surface area contributed by atoms with E-state index in [0.717, 1.165) is 17.1 Å². The van der Waals surface area contributed by atoms with Crippen molar-refractivity contribution in [1.29, 1.82) is 0 Å². The number of ether oxygens (including phenoxy) is 1. The van der Waals surface area contributed by atoms with E-state index in [4.69, 9.17) is 27.9 Å². The SMILES string of the molecule is CO/C=C/c1cc(C)n(-c2ccc(Cl)c(Cl)c2)n1. The number of benzene rings is 1. The lowest BCUT2D eigenvalue weighted by Gasteiger charge is -2.05. The monoisotopic (exact) mass is 282 g/mol. The minimum absolute atomic E-state index is 0.512. The van der Waals surface area contributed by atoms with Gasteiger partial charge in [0.25, 0.3) is 0 Å². The number of methoxy groups -OCH3 is 1. The van der Waals surface area contributed by atoms with Gasteiger partial charge in [0.2, 0.25) is 0 Å². The molecule has 0 radical (unpaired) electrons. The van der Waals surface area contributed by atoms with Crippen LogP contribution in [0.15, 0.2) is 30.5 Å². The predicted molar refractivity (Wildman–Crippen MR) is 74.4 cm³/mol. The lowest BCUT2D eigenvalue weighted by Crippen LogP contribution is -1.98. The van der Waals surface area contributed by atoms with E-state index in [1.807, 2.05) is 19.1 Å². The third-order valence-corrected chi connectivity index (χ3v) is 3.17. The van der Waals surface area contributed by atoms with Gasteiger partial charge in [-0.2, -0.15) is 5.10 Å². The van der Waals surface area contributed by atoms with E-state index in [1.165, 1.54) is 0 Å². The normalized spacial score (nSPS) is 11.1. The van der Waals surface area contributed by atoms with Gasteiger partial charge >= 0.3 is 0 Å². The molecule has 0 atom stereocenters. The average Bonchev–Trinajstić information content (AvgIpc) is 2.71. The van der Waals surface area contributed by atoms with Crippen molar-refractivity contribution in [2.75, 3.05) is 7.11 Å². The molecule has 2 rings (SSSR count). The summed E-state index contributed by atoms with van der Waals surface area (Å²) in [4.78, 5) is 0. The molecule has 3 nitrogen and oxygen atoms in total. The summed E-state index contributed by atoms with van der Waals surface area (Å²) in [6.07, 6.45) is 3.38. The van der Waals surface area contributed by atoms with Gasteiger partial charge in [-0.1, -0.05) is 23.2 Å². The summed E-state index contributed by atoms with van der Waals surface area (Å²) in [6, 6.07) is 7.37. The first kappa shape index (κ1) is 13.0. The maximum absolute atomic E-state index is 6.00. The predicted octanol–water partition coefficient (Wildman–Crippen LogP) is 4.10. The van der Waals surface area contributed by atoms with Gasteiger partial charge in [-0.05, 0) is 31.2 Å². The number of hydrogen-bond acceptors (Lipinski definition) is 2. The molecular weight excluding hydrogens is 271 g/mol. The van der Waals surface area contributed by atoms with E-state index in [0.29, 0.717) is 10.0 Å². The molecular formula is C13H12Cl2N2O. The molecule has 0 unspecified atom stereocenters. The zero-order chi connectivity index (χ0) is 13.1. The summed E-state index contributed by atoms with van der Waals surface area (Å²) in [6.45, 7) is 1.97. The van der Waals surface area contributed by atoms with Crippen LogP contribution in [0, 0.1) is 6.92 Å². The third kappa shape index (κ3) is 2.68. The molecule has 0 saturated heterocycles. The Balaban J connectivity index is 2.41. The van der Waals surface area contributed by atoms with Crippen LogP contribution in [0.3, 0.4) is 0 Å². The Morgan fingerprint density at radius 1 is 1.22 bits per heavy atom. The van der Waals surface area contributed by atoms with Crippen molar-refractivity contribution in [3.63, 3.8) is 0 Å². The minimum Gasteiger partial charge on any atom is -0.504 e. The Morgan fingerprint density at radius 3 is 2.67 bits per heavy atom.